The van der Waals surface area contributed by atoms with Crippen LogP contribution in [0, 0.1) is 6.92 Å². The SMILES string of the molecule is Cc1ccc(NC(=O)c2ccc3c(c2)OCCO3)cc1NC(=O)c1cc2ccc(OCCCN3CC(F)(F)C3)cc2s1. The lowest BCUT2D eigenvalue weighted by Gasteiger charge is -2.38. The predicted octanol–water partition coefficient (Wildman–Crippen LogP) is 6.21. The molecule has 0 spiro atoms. The molecule has 1 aromatic heterocycles. The number of hydrogen-bond acceptors (Lipinski definition) is 7. The highest BCUT2D eigenvalue weighted by molar-refractivity contribution is 7.20. The van der Waals surface area contributed by atoms with Gasteiger partial charge in [0.15, 0.2) is 11.5 Å². The molecule has 1 fully saturated rings. The van der Waals surface area contributed by atoms with Crippen molar-refractivity contribution in [1.29, 1.82) is 0 Å². The molecule has 2 amide bonds. The van der Waals surface area contributed by atoms with Gasteiger partial charge in [0, 0.05) is 28.2 Å². The predicted molar refractivity (Wildman–Crippen MR) is 158 cm³/mol. The summed E-state index contributed by atoms with van der Waals surface area (Å²) in [5.41, 5.74) is 2.40. The van der Waals surface area contributed by atoms with E-state index in [-0.39, 0.29) is 24.9 Å². The molecule has 0 saturated carbocycles. The Bertz CT molecular complexity index is 1650. The van der Waals surface area contributed by atoms with Gasteiger partial charge in [0.1, 0.15) is 19.0 Å². The number of fused-ring (bicyclic) bond motifs is 2. The van der Waals surface area contributed by atoms with E-state index in [9.17, 15) is 18.4 Å². The second-order valence-corrected chi connectivity index (χ2v) is 11.5. The van der Waals surface area contributed by atoms with Crippen LogP contribution >= 0.6 is 11.3 Å². The van der Waals surface area contributed by atoms with E-state index < -0.39 is 5.92 Å². The van der Waals surface area contributed by atoms with Crippen molar-refractivity contribution in [2.45, 2.75) is 19.3 Å². The van der Waals surface area contributed by atoms with Crippen LogP contribution in [0.25, 0.3) is 10.1 Å². The van der Waals surface area contributed by atoms with Crippen LogP contribution in [0.3, 0.4) is 0 Å². The molecule has 2 aliphatic rings. The number of thiophene rings is 1. The summed E-state index contributed by atoms with van der Waals surface area (Å²) in [5, 5.41) is 6.75. The first-order valence-electron chi connectivity index (χ1n) is 13.6. The number of amides is 2. The minimum absolute atomic E-state index is 0.182. The maximum Gasteiger partial charge on any atom is 0.272 e. The third-order valence-corrected chi connectivity index (χ3v) is 8.16. The van der Waals surface area contributed by atoms with Gasteiger partial charge in [-0.15, -0.1) is 11.3 Å². The minimum atomic E-state index is -2.55. The summed E-state index contributed by atoms with van der Waals surface area (Å²) in [4.78, 5) is 28.3. The van der Waals surface area contributed by atoms with Gasteiger partial charge in [0.25, 0.3) is 17.7 Å². The van der Waals surface area contributed by atoms with Gasteiger partial charge in [-0.2, -0.15) is 0 Å². The molecule has 42 heavy (non-hydrogen) atoms. The fourth-order valence-corrected chi connectivity index (χ4v) is 5.85. The number of benzene rings is 3. The number of anilines is 2. The number of halogens is 2. The number of nitrogens with one attached hydrogen (secondary N) is 2. The van der Waals surface area contributed by atoms with Crippen LogP contribution in [0.2, 0.25) is 0 Å². The van der Waals surface area contributed by atoms with Gasteiger partial charge in [0.05, 0.1) is 24.6 Å². The minimum Gasteiger partial charge on any atom is -0.493 e. The van der Waals surface area contributed by atoms with Crippen LogP contribution in [0.15, 0.2) is 60.7 Å². The summed E-state index contributed by atoms with van der Waals surface area (Å²) >= 11 is 1.35. The zero-order valence-electron chi connectivity index (χ0n) is 22.9. The third kappa shape index (κ3) is 6.32. The van der Waals surface area contributed by atoms with E-state index in [1.165, 1.54) is 11.3 Å². The number of alkyl halides is 2. The summed E-state index contributed by atoms with van der Waals surface area (Å²) in [5.74, 6) is -1.31. The zero-order chi connectivity index (χ0) is 29.3. The van der Waals surface area contributed by atoms with E-state index in [0.29, 0.717) is 71.9 Å². The molecule has 4 aromatic rings. The normalized spacial score (nSPS) is 15.6. The molecule has 3 aromatic carbocycles. The quantitative estimate of drug-likeness (QED) is 0.225. The highest BCUT2D eigenvalue weighted by atomic mass is 32.1. The largest absolute Gasteiger partial charge is 0.493 e. The van der Waals surface area contributed by atoms with Crippen molar-refractivity contribution < 1.29 is 32.6 Å². The average Bonchev–Trinajstić information content (AvgIpc) is 3.39. The lowest BCUT2D eigenvalue weighted by molar-refractivity contribution is -0.130. The van der Waals surface area contributed by atoms with Crippen LogP contribution < -0.4 is 24.8 Å². The van der Waals surface area contributed by atoms with Crippen molar-refractivity contribution in [3.8, 4) is 17.2 Å². The Kier molecular flexibility index (Phi) is 7.70. The number of hydrogen-bond donors (Lipinski definition) is 2. The number of carbonyl (C=O) groups excluding carboxylic acids is 2. The van der Waals surface area contributed by atoms with Crippen LogP contribution in [-0.2, 0) is 0 Å². The number of rotatable bonds is 9. The van der Waals surface area contributed by atoms with Gasteiger partial charge >= 0.3 is 0 Å². The Balaban J connectivity index is 1.07. The Morgan fingerprint density at radius 2 is 1.76 bits per heavy atom. The smallest absolute Gasteiger partial charge is 0.272 e. The first-order valence-corrected chi connectivity index (χ1v) is 14.4. The summed E-state index contributed by atoms with van der Waals surface area (Å²) < 4.78 is 43.7. The second-order valence-electron chi connectivity index (χ2n) is 10.4. The van der Waals surface area contributed by atoms with Crippen LogP contribution in [-0.4, -0.2) is 62.1 Å². The fraction of sp³-hybridized carbons (Fsp3) is 0.290. The lowest BCUT2D eigenvalue weighted by Crippen LogP contribution is -2.56. The highest BCUT2D eigenvalue weighted by Crippen LogP contribution is 2.33. The van der Waals surface area contributed by atoms with Gasteiger partial charge in [-0.25, -0.2) is 8.78 Å². The van der Waals surface area contributed by atoms with Crippen molar-refractivity contribution in [2.24, 2.45) is 0 Å². The highest BCUT2D eigenvalue weighted by Gasteiger charge is 2.43. The second kappa shape index (κ2) is 11.6. The third-order valence-electron chi connectivity index (χ3n) is 7.06. The van der Waals surface area contributed by atoms with Gasteiger partial charge in [-0.3, -0.25) is 14.5 Å². The van der Waals surface area contributed by atoms with Crippen molar-refractivity contribution in [1.82, 2.24) is 4.90 Å². The summed E-state index contributed by atoms with van der Waals surface area (Å²) in [6, 6.07) is 17.8. The number of carbonyl (C=O) groups is 2. The van der Waals surface area contributed by atoms with Crippen LogP contribution in [0.1, 0.15) is 32.0 Å². The van der Waals surface area contributed by atoms with E-state index in [4.69, 9.17) is 14.2 Å². The van der Waals surface area contributed by atoms with E-state index >= 15 is 0 Å². The molecule has 11 heteroatoms. The zero-order valence-corrected chi connectivity index (χ0v) is 23.7. The summed E-state index contributed by atoms with van der Waals surface area (Å²) in [6.07, 6.45) is 0.655. The number of ether oxygens (including phenoxy) is 3. The van der Waals surface area contributed by atoms with Gasteiger partial charge in [-0.05, 0) is 78.9 Å². The summed E-state index contributed by atoms with van der Waals surface area (Å²) in [7, 11) is 0. The first-order chi connectivity index (χ1) is 20.2. The Hall–Kier alpha value is -4.22. The molecule has 2 aliphatic heterocycles. The van der Waals surface area contributed by atoms with Crippen LogP contribution in [0.4, 0.5) is 20.2 Å². The molecule has 0 unspecified atom stereocenters. The molecule has 3 heterocycles. The molecule has 0 atom stereocenters. The van der Waals surface area contributed by atoms with Gasteiger partial charge < -0.3 is 24.8 Å². The topological polar surface area (TPSA) is 89.1 Å². The number of aryl methyl sites for hydroxylation is 1. The summed E-state index contributed by atoms with van der Waals surface area (Å²) in [6.45, 7) is 3.42. The maximum atomic E-state index is 13.2. The molecule has 2 N–H and O–H groups in total. The lowest BCUT2D eigenvalue weighted by atomic mass is 10.1. The molecule has 8 nitrogen and oxygen atoms in total. The molecular formula is C31H29F2N3O5S. The molecule has 1 saturated heterocycles. The fourth-order valence-electron chi connectivity index (χ4n) is 4.86. The van der Waals surface area contributed by atoms with E-state index in [2.05, 4.69) is 10.6 Å². The Morgan fingerprint density at radius 1 is 0.952 bits per heavy atom. The first kappa shape index (κ1) is 27.9. The average molecular weight is 594 g/mol. The van der Waals surface area contributed by atoms with E-state index in [1.807, 2.05) is 37.3 Å². The van der Waals surface area contributed by atoms with Crippen LogP contribution in [0.5, 0.6) is 17.2 Å². The van der Waals surface area contributed by atoms with Crippen molar-refractivity contribution in [2.75, 3.05) is 50.1 Å². The maximum absolute atomic E-state index is 13.2. The molecule has 6 rings (SSSR count). The van der Waals surface area contributed by atoms with Crippen molar-refractivity contribution >= 4 is 44.6 Å². The standard InChI is InChI=1S/C31H29F2N3O5S/c1-19-3-6-22(34-29(37)21-5-8-25-26(13-21)41-12-11-40-25)15-24(19)35-30(38)28-14-20-4-7-23(16-27(20)42-28)39-10-2-9-36-17-31(32,33)18-36/h3-8,13-16H,2,9-12,17-18H2,1H3,(H,34,37)(H,35,38). The van der Waals surface area contributed by atoms with Crippen molar-refractivity contribution in [3.63, 3.8) is 0 Å². The monoisotopic (exact) mass is 593 g/mol. The number of likely N-dealkylation sites (tertiary alicyclic amines) is 1. The van der Waals surface area contributed by atoms with Gasteiger partial charge in [0.2, 0.25) is 0 Å². The molecule has 0 radical (unpaired) electrons. The van der Waals surface area contributed by atoms with E-state index in [1.54, 1.807) is 35.2 Å². The molecular weight excluding hydrogens is 564 g/mol. The Labute approximate surface area is 245 Å². The Morgan fingerprint density at radius 3 is 2.57 bits per heavy atom. The van der Waals surface area contributed by atoms with E-state index in [0.717, 1.165) is 15.6 Å². The van der Waals surface area contributed by atoms with Gasteiger partial charge in [-0.1, -0.05) is 6.07 Å². The molecule has 218 valence electrons. The molecule has 0 aliphatic carbocycles. The molecule has 0 bridgehead atoms. The number of nitrogens with zero attached hydrogens (tertiary/aromatic N) is 1. The van der Waals surface area contributed by atoms with Crippen molar-refractivity contribution in [3.05, 3.63) is 76.7 Å².